The van der Waals surface area contributed by atoms with Crippen LogP contribution in [0.3, 0.4) is 0 Å². The van der Waals surface area contributed by atoms with Gasteiger partial charge in [-0.1, -0.05) is 24.3 Å². The van der Waals surface area contributed by atoms with E-state index in [1.807, 2.05) is 9.80 Å². The first-order valence-electron chi connectivity index (χ1n) is 9.87. The SMILES string of the molecule is O=C([C@H]1CCCN1C(=O)C[C@H]1CCc2ccccc2C1)N1CCCC1. The molecule has 0 bridgehead atoms. The fourth-order valence-corrected chi connectivity index (χ4v) is 4.78. The van der Waals surface area contributed by atoms with E-state index in [4.69, 9.17) is 0 Å². The average molecular weight is 340 g/mol. The zero-order valence-electron chi connectivity index (χ0n) is 15.0. The highest BCUT2D eigenvalue weighted by Crippen LogP contribution is 2.29. The Morgan fingerprint density at radius 2 is 1.72 bits per heavy atom. The van der Waals surface area contributed by atoms with Gasteiger partial charge in [0, 0.05) is 26.1 Å². The van der Waals surface area contributed by atoms with Crippen molar-refractivity contribution in [2.75, 3.05) is 19.6 Å². The molecule has 1 aliphatic carbocycles. The molecule has 0 N–H and O–H groups in total. The highest BCUT2D eigenvalue weighted by Gasteiger charge is 2.37. The lowest BCUT2D eigenvalue weighted by Gasteiger charge is -2.30. The number of nitrogens with zero attached hydrogens (tertiary/aromatic N) is 2. The van der Waals surface area contributed by atoms with E-state index in [-0.39, 0.29) is 17.9 Å². The summed E-state index contributed by atoms with van der Waals surface area (Å²) in [5.74, 6) is 0.808. The van der Waals surface area contributed by atoms with Crippen molar-refractivity contribution in [3.63, 3.8) is 0 Å². The third-order valence-corrected chi connectivity index (χ3v) is 6.19. The summed E-state index contributed by atoms with van der Waals surface area (Å²) in [4.78, 5) is 29.5. The van der Waals surface area contributed by atoms with Crippen molar-refractivity contribution in [3.05, 3.63) is 35.4 Å². The molecule has 4 heteroatoms. The number of carbonyl (C=O) groups is 2. The summed E-state index contributed by atoms with van der Waals surface area (Å²) >= 11 is 0. The van der Waals surface area contributed by atoms with Gasteiger partial charge in [-0.05, 0) is 62.0 Å². The fourth-order valence-electron chi connectivity index (χ4n) is 4.78. The van der Waals surface area contributed by atoms with Crippen LogP contribution < -0.4 is 0 Å². The molecule has 2 amide bonds. The van der Waals surface area contributed by atoms with Gasteiger partial charge in [0.05, 0.1) is 0 Å². The molecule has 25 heavy (non-hydrogen) atoms. The molecule has 1 aromatic carbocycles. The minimum Gasteiger partial charge on any atom is -0.341 e. The Balaban J connectivity index is 1.38. The van der Waals surface area contributed by atoms with Crippen molar-refractivity contribution >= 4 is 11.8 Å². The van der Waals surface area contributed by atoms with Crippen molar-refractivity contribution in [2.45, 2.75) is 57.4 Å². The number of rotatable bonds is 3. The van der Waals surface area contributed by atoms with Gasteiger partial charge in [-0.3, -0.25) is 9.59 Å². The summed E-state index contributed by atoms with van der Waals surface area (Å²) in [5, 5.41) is 0. The average Bonchev–Trinajstić information content (AvgIpc) is 3.33. The van der Waals surface area contributed by atoms with Crippen molar-refractivity contribution in [1.29, 1.82) is 0 Å². The second kappa shape index (κ2) is 7.19. The molecular weight excluding hydrogens is 312 g/mol. The van der Waals surface area contributed by atoms with Gasteiger partial charge in [0.1, 0.15) is 6.04 Å². The molecule has 2 fully saturated rings. The molecule has 2 heterocycles. The van der Waals surface area contributed by atoms with Gasteiger partial charge < -0.3 is 9.80 Å². The number of fused-ring (bicyclic) bond motifs is 1. The molecule has 2 aliphatic heterocycles. The molecule has 0 aromatic heterocycles. The summed E-state index contributed by atoms with van der Waals surface area (Å²) in [7, 11) is 0. The smallest absolute Gasteiger partial charge is 0.245 e. The fraction of sp³-hybridized carbons (Fsp3) is 0.619. The highest BCUT2D eigenvalue weighted by molar-refractivity contribution is 5.88. The summed E-state index contributed by atoms with van der Waals surface area (Å²) in [6, 6.07) is 8.40. The summed E-state index contributed by atoms with van der Waals surface area (Å²) < 4.78 is 0. The number of amides is 2. The largest absolute Gasteiger partial charge is 0.341 e. The lowest BCUT2D eigenvalue weighted by molar-refractivity contribution is -0.143. The van der Waals surface area contributed by atoms with E-state index in [9.17, 15) is 9.59 Å². The molecule has 0 spiro atoms. The van der Waals surface area contributed by atoms with E-state index in [1.54, 1.807) is 0 Å². The van der Waals surface area contributed by atoms with Crippen molar-refractivity contribution in [3.8, 4) is 0 Å². The second-order valence-electron chi connectivity index (χ2n) is 7.86. The number of carbonyl (C=O) groups excluding carboxylic acids is 2. The maximum absolute atomic E-state index is 12.9. The van der Waals surface area contributed by atoms with E-state index >= 15 is 0 Å². The first-order chi connectivity index (χ1) is 12.2. The lowest BCUT2D eigenvalue weighted by atomic mass is 9.82. The number of hydrogen-bond acceptors (Lipinski definition) is 2. The Morgan fingerprint density at radius 1 is 0.960 bits per heavy atom. The Hall–Kier alpha value is -1.84. The highest BCUT2D eigenvalue weighted by atomic mass is 16.2. The van der Waals surface area contributed by atoms with Crippen LogP contribution in [0.2, 0.25) is 0 Å². The Bertz CT molecular complexity index is 651. The first kappa shape index (κ1) is 16.6. The second-order valence-corrected chi connectivity index (χ2v) is 7.86. The molecule has 4 nitrogen and oxygen atoms in total. The van der Waals surface area contributed by atoms with E-state index in [2.05, 4.69) is 24.3 Å². The first-order valence-corrected chi connectivity index (χ1v) is 9.87. The van der Waals surface area contributed by atoms with Gasteiger partial charge in [0.2, 0.25) is 11.8 Å². The minimum absolute atomic E-state index is 0.192. The van der Waals surface area contributed by atoms with Gasteiger partial charge >= 0.3 is 0 Å². The summed E-state index contributed by atoms with van der Waals surface area (Å²) in [6.07, 6.45) is 7.77. The normalized spacial score (nSPS) is 25.9. The van der Waals surface area contributed by atoms with Crippen LogP contribution in [-0.2, 0) is 22.4 Å². The molecule has 2 saturated heterocycles. The molecule has 1 aromatic rings. The standard InChI is InChI=1S/C21H28N2O2/c24-20(15-16-9-10-17-6-1-2-7-18(17)14-16)23-13-5-8-19(23)21(25)22-11-3-4-12-22/h1-2,6-7,16,19H,3-5,8-15H2/t16-,19+/m0/s1. The van der Waals surface area contributed by atoms with Crippen molar-refractivity contribution in [2.24, 2.45) is 5.92 Å². The lowest BCUT2D eigenvalue weighted by Crippen LogP contribution is -2.47. The summed E-state index contributed by atoms with van der Waals surface area (Å²) in [5.41, 5.74) is 2.84. The summed E-state index contributed by atoms with van der Waals surface area (Å²) in [6.45, 7) is 2.50. The van der Waals surface area contributed by atoms with E-state index in [0.29, 0.717) is 12.3 Å². The Kier molecular flexibility index (Phi) is 4.78. The van der Waals surface area contributed by atoms with E-state index in [1.165, 1.54) is 11.1 Å². The van der Waals surface area contributed by atoms with Crippen molar-refractivity contribution < 1.29 is 9.59 Å². The molecule has 0 saturated carbocycles. The Morgan fingerprint density at radius 3 is 2.52 bits per heavy atom. The quantitative estimate of drug-likeness (QED) is 0.849. The van der Waals surface area contributed by atoms with Crippen molar-refractivity contribution in [1.82, 2.24) is 9.80 Å². The minimum atomic E-state index is -0.193. The predicted molar refractivity (Wildman–Crippen MR) is 97.1 cm³/mol. The van der Waals surface area contributed by atoms with Crippen LogP contribution in [0.25, 0.3) is 0 Å². The maximum Gasteiger partial charge on any atom is 0.245 e. The number of aryl methyl sites for hydroxylation is 1. The number of benzene rings is 1. The third-order valence-electron chi connectivity index (χ3n) is 6.19. The molecular formula is C21H28N2O2. The topological polar surface area (TPSA) is 40.6 Å². The molecule has 0 radical (unpaired) electrons. The van der Waals surface area contributed by atoms with Crippen LogP contribution in [0.1, 0.15) is 49.7 Å². The van der Waals surface area contributed by atoms with Gasteiger partial charge in [-0.15, -0.1) is 0 Å². The van der Waals surface area contributed by atoms with Crippen LogP contribution in [0.4, 0.5) is 0 Å². The van der Waals surface area contributed by atoms with Crippen LogP contribution in [-0.4, -0.2) is 47.3 Å². The van der Waals surface area contributed by atoms with Crippen LogP contribution in [0.5, 0.6) is 0 Å². The third kappa shape index (κ3) is 3.44. The van der Waals surface area contributed by atoms with Gasteiger partial charge in [0.25, 0.3) is 0 Å². The number of hydrogen-bond donors (Lipinski definition) is 0. The van der Waals surface area contributed by atoms with Crippen LogP contribution >= 0.6 is 0 Å². The monoisotopic (exact) mass is 340 g/mol. The van der Waals surface area contributed by atoms with Gasteiger partial charge in [-0.2, -0.15) is 0 Å². The molecule has 4 rings (SSSR count). The van der Waals surface area contributed by atoms with Gasteiger partial charge in [0.15, 0.2) is 0 Å². The van der Waals surface area contributed by atoms with E-state index in [0.717, 1.165) is 64.6 Å². The van der Waals surface area contributed by atoms with Crippen LogP contribution in [0, 0.1) is 5.92 Å². The Labute approximate surface area is 150 Å². The molecule has 134 valence electrons. The zero-order chi connectivity index (χ0) is 17.2. The van der Waals surface area contributed by atoms with E-state index < -0.39 is 0 Å². The number of likely N-dealkylation sites (tertiary alicyclic amines) is 2. The van der Waals surface area contributed by atoms with Crippen LogP contribution in [0.15, 0.2) is 24.3 Å². The maximum atomic E-state index is 12.9. The van der Waals surface area contributed by atoms with Gasteiger partial charge in [-0.25, -0.2) is 0 Å². The zero-order valence-corrected chi connectivity index (χ0v) is 15.0. The molecule has 2 atom stereocenters. The molecule has 3 aliphatic rings. The molecule has 0 unspecified atom stereocenters. The predicted octanol–water partition coefficient (Wildman–Crippen LogP) is 2.80.